The topological polar surface area (TPSA) is 123 Å². The molecule has 4 amide bonds. The van der Waals surface area contributed by atoms with Crippen molar-refractivity contribution >= 4 is 64.7 Å². The van der Waals surface area contributed by atoms with Gasteiger partial charge in [-0.1, -0.05) is 72.3 Å². The summed E-state index contributed by atoms with van der Waals surface area (Å²) < 4.78 is 16.8. The Kier molecular flexibility index (Phi) is 9.45. The second-order valence-corrected chi connectivity index (χ2v) is 15.8. The van der Waals surface area contributed by atoms with Gasteiger partial charge in [-0.15, -0.1) is 23.2 Å². The van der Waals surface area contributed by atoms with Crippen LogP contribution in [0.4, 0.5) is 5.69 Å². The van der Waals surface area contributed by atoms with E-state index in [9.17, 15) is 24.3 Å². The number of nitrogens with zero attached hydrogens (tertiary/aromatic N) is 2. The number of carbonyl (C=O) groups excluding carboxylic acids is 4. The molecule has 3 fully saturated rings. The number of methoxy groups -OCH3 is 2. The highest BCUT2D eigenvalue weighted by Gasteiger charge is 2.76. The highest BCUT2D eigenvalue weighted by Crippen LogP contribution is 2.66. The molecule has 0 bridgehead atoms. The summed E-state index contributed by atoms with van der Waals surface area (Å²) in [4.78, 5) is 54.6. The maximum atomic E-state index is 14.5. The monoisotopic (exact) mass is 792 g/mol. The van der Waals surface area contributed by atoms with Crippen molar-refractivity contribution < 1.29 is 38.5 Å². The lowest BCUT2D eigenvalue weighted by Gasteiger charge is -2.50. The van der Waals surface area contributed by atoms with Crippen LogP contribution in [0.3, 0.4) is 0 Å². The molecule has 2 saturated heterocycles. The standard InChI is InChI=1S/C44H38Cl2N2O8/c1-47-41(52)43(45)23-34-31(38(44(43,46)42(47)53)32-17-15-30(22-35(32)49)56-24-26-7-5-4-6-8-26)18-19-33-37(34)40(51)48(39(33)50)28-13-10-25(11-14-28)9-12-27-21-29(54-2)16-20-36(27)55-3/h4-18,20-22,33-34,37-38,49H,19,23-24H2,1-3H3/t33-,34+,37-,38+,43+,44-/m0/s1. The summed E-state index contributed by atoms with van der Waals surface area (Å²) in [6, 6.07) is 26.8. The minimum atomic E-state index is -2.02. The maximum Gasteiger partial charge on any atom is 0.253 e. The number of imide groups is 2. The summed E-state index contributed by atoms with van der Waals surface area (Å²) >= 11 is 14.6. The minimum absolute atomic E-state index is 0.153. The number of alkyl halides is 2. The molecule has 1 saturated carbocycles. The first-order valence-electron chi connectivity index (χ1n) is 18.2. The first kappa shape index (κ1) is 37.3. The number of ether oxygens (including phenoxy) is 3. The van der Waals surface area contributed by atoms with E-state index in [-0.39, 0.29) is 36.7 Å². The number of phenols is 1. The third kappa shape index (κ3) is 5.77. The van der Waals surface area contributed by atoms with Crippen molar-refractivity contribution in [2.24, 2.45) is 17.8 Å². The lowest BCUT2D eigenvalue weighted by Crippen LogP contribution is -2.60. The Bertz CT molecular complexity index is 2330. The van der Waals surface area contributed by atoms with Crippen LogP contribution in [0, 0.1) is 17.8 Å². The number of allylic oxidation sites excluding steroid dienone is 2. The third-order valence-corrected chi connectivity index (χ3v) is 13.0. The molecular formula is C44H38Cl2N2O8. The average Bonchev–Trinajstić information content (AvgIpc) is 3.54. The highest BCUT2D eigenvalue weighted by molar-refractivity contribution is 6.53. The van der Waals surface area contributed by atoms with Crippen molar-refractivity contribution in [3.63, 3.8) is 0 Å². The number of aromatic hydroxyl groups is 1. The smallest absolute Gasteiger partial charge is 0.253 e. The van der Waals surface area contributed by atoms with Gasteiger partial charge in [-0.25, -0.2) is 0 Å². The zero-order chi connectivity index (χ0) is 39.5. The van der Waals surface area contributed by atoms with Crippen LogP contribution in [0.5, 0.6) is 23.0 Å². The molecule has 0 spiro atoms. The third-order valence-electron chi connectivity index (χ3n) is 11.6. The molecule has 10 nitrogen and oxygen atoms in total. The zero-order valence-corrected chi connectivity index (χ0v) is 32.3. The van der Waals surface area contributed by atoms with Crippen LogP contribution in [0.1, 0.15) is 41.0 Å². The molecule has 2 heterocycles. The van der Waals surface area contributed by atoms with Gasteiger partial charge in [0.1, 0.15) is 29.6 Å². The number of phenolic OH excluding ortho intramolecular Hbond substituents is 1. The van der Waals surface area contributed by atoms with Gasteiger partial charge in [-0.2, -0.15) is 0 Å². The Morgan fingerprint density at radius 3 is 2.25 bits per heavy atom. The predicted molar refractivity (Wildman–Crippen MR) is 212 cm³/mol. The number of rotatable bonds is 9. The summed E-state index contributed by atoms with van der Waals surface area (Å²) in [6.07, 6.45) is 5.65. The molecule has 2 aliphatic carbocycles. The maximum absolute atomic E-state index is 14.5. The second kappa shape index (κ2) is 14.2. The summed E-state index contributed by atoms with van der Waals surface area (Å²) in [5.74, 6) is -4.13. The number of likely N-dealkylation sites (tertiary alicyclic amines) is 1. The fourth-order valence-corrected chi connectivity index (χ4v) is 9.84. The Morgan fingerprint density at radius 1 is 0.821 bits per heavy atom. The molecule has 0 unspecified atom stereocenters. The van der Waals surface area contributed by atoms with Crippen molar-refractivity contribution in [1.82, 2.24) is 4.90 Å². The SMILES string of the molecule is COc1ccc(OC)c(C=Cc2ccc(N3C(=O)[C@H]4[C@H](CC=C5[C@H]4C[C@@]4(Cl)C(=O)N(C)C(=O)[C@@]4(Cl)[C@H]5c4ccc(OCc5ccccc5)cc4O)C3=O)cc2)c1. The molecule has 286 valence electrons. The molecule has 4 aliphatic rings. The quantitative estimate of drug-likeness (QED) is 0.0809. The predicted octanol–water partition coefficient (Wildman–Crippen LogP) is 7.35. The summed E-state index contributed by atoms with van der Waals surface area (Å²) in [6.45, 7) is 0.256. The van der Waals surface area contributed by atoms with Gasteiger partial charge >= 0.3 is 0 Å². The second-order valence-electron chi connectivity index (χ2n) is 14.5. The average molecular weight is 794 g/mol. The Hall–Kier alpha value is -5.58. The van der Waals surface area contributed by atoms with E-state index in [1.807, 2.05) is 78.9 Å². The molecular weight excluding hydrogens is 755 g/mol. The van der Waals surface area contributed by atoms with E-state index in [1.54, 1.807) is 38.5 Å². The van der Waals surface area contributed by atoms with E-state index in [1.165, 1.54) is 18.0 Å². The highest BCUT2D eigenvalue weighted by atomic mass is 35.5. The van der Waals surface area contributed by atoms with Crippen LogP contribution >= 0.6 is 23.2 Å². The normalized spacial score (nSPS) is 26.9. The van der Waals surface area contributed by atoms with E-state index in [4.69, 9.17) is 37.4 Å². The van der Waals surface area contributed by atoms with Gasteiger partial charge in [0, 0.05) is 30.2 Å². The lowest BCUT2D eigenvalue weighted by atomic mass is 9.56. The van der Waals surface area contributed by atoms with Crippen molar-refractivity contribution in [2.45, 2.75) is 35.1 Å². The molecule has 0 aromatic heterocycles. The number of halogens is 2. The van der Waals surface area contributed by atoms with Crippen LogP contribution in [0.25, 0.3) is 12.2 Å². The van der Waals surface area contributed by atoms with E-state index >= 15 is 0 Å². The van der Waals surface area contributed by atoms with Crippen LogP contribution in [0.15, 0.2) is 103 Å². The van der Waals surface area contributed by atoms with Crippen molar-refractivity contribution in [3.05, 3.63) is 125 Å². The summed E-state index contributed by atoms with van der Waals surface area (Å²) in [5, 5.41) is 11.6. The Labute approximate surface area is 333 Å². The van der Waals surface area contributed by atoms with Crippen molar-refractivity contribution in [3.8, 4) is 23.0 Å². The molecule has 6 atom stereocenters. The molecule has 12 heteroatoms. The zero-order valence-electron chi connectivity index (χ0n) is 30.8. The number of amides is 4. The van der Waals surface area contributed by atoms with Gasteiger partial charge in [0.25, 0.3) is 11.8 Å². The summed E-state index contributed by atoms with van der Waals surface area (Å²) in [5.41, 5.74) is 3.81. The van der Waals surface area contributed by atoms with Gasteiger partial charge < -0.3 is 19.3 Å². The number of carbonyl (C=O) groups is 4. The number of hydrogen-bond acceptors (Lipinski definition) is 8. The fraction of sp³-hybridized carbons (Fsp3) is 0.273. The van der Waals surface area contributed by atoms with E-state index in [0.717, 1.165) is 21.6 Å². The summed E-state index contributed by atoms with van der Waals surface area (Å²) in [7, 11) is 4.51. The number of anilines is 1. The van der Waals surface area contributed by atoms with Crippen molar-refractivity contribution in [1.29, 1.82) is 0 Å². The number of benzene rings is 4. The van der Waals surface area contributed by atoms with Crippen LogP contribution < -0.4 is 19.1 Å². The first-order chi connectivity index (χ1) is 26.9. The molecule has 56 heavy (non-hydrogen) atoms. The van der Waals surface area contributed by atoms with E-state index in [2.05, 4.69) is 0 Å². The van der Waals surface area contributed by atoms with Gasteiger partial charge in [0.2, 0.25) is 11.8 Å². The number of fused-ring (bicyclic) bond motifs is 4. The molecule has 2 aliphatic heterocycles. The molecule has 8 rings (SSSR count). The fourth-order valence-electron chi connectivity index (χ4n) is 8.83. The molecule has 0 radical (unpaired) electrons. The lowest BCUT2D eigenvalue weighted by molar-refractivity contribution is -0.138. The van der Waals surface area contributed by atoms with Gasteiger partial charge in [-0.05, 0) is 66.3 Å². The molecule has 4 aromatic rings. The molecule has 1 N–H and O–H groups in total. The van der Waals surface area contributed by atoms with Crippen LogP contribution in [-0.4, -0.2) is 64.7 Å². The Morgan fingerprint density at radius 2 is 1.55 bits per heavy atom. The van der Waals surface area contributed by atoms with Crippen LogP contribution in [0.2, 0.25) is 0 Å². The van der Waals surface area contributed by atoms with Gasteiger partial charge in [0.15, 0.2) is 9.75 Å². The van der Waals surface area contributed by atoms with Gasteiger partial charge in [0.05, 0.1) is 31.7 Å². The van der Waals surface area contributed by atoms with E-state index < -0.39 is 51.1 Å². The van der Waals surface area contributed by atoms with Crippen molar-refractivity contribution in [2.75, 3.05) is 26.2 Å². The largest absolute Gasteiger partial charge is 0.508 e. The molecule has 4 aromatic carbocycles. The minimum Gasteiger partial charge on any atom is -0.508 e. The van der Waals surface area contributed by atoms with Crippen LogP contribution in [-0.2, 0) is 25.8 Å². The number of hydrogen-bond donors (Lipinski definition) is 1. The first-order valence-corrected chi connectivity index (χ1v) is 18.9. The van der Waals surface area contributed by atoms with E-state index in [0.29, 0.717) is 28.5 Å². The van der Waals surface area contributed by atoms with Gasteiger partial charge in [-0.3, -0.25) is 29.0 Å². The Balaban J connectivity index is 1.11.